The number of carbonyl (C=O) groups excluding carboxylic acids is 4. The molecule has 1 N–H and O–H groups in total. The predicted molar refractivity (Wildman–Crippen MR) is 164 cm³/mol. The minimum absolute atomic E-state index is 0.0199. The van der Waals surface area contributed by atoms with E-state index in [1.165, 1.54) is 24.5 Å². The third kappa shape index (κ3) is 6.72. The van der Waals surface area contributed by atoms with E-state index in [0.717, 1.165) is 36.8 Å². The lowest BCUT2D eigenvalue weighted by molar-refractivity contribution is -0.509. The average Bonchev–Trinajstić information content (AvgIpc) is 3.48. The first-order valence-electron chi connectivity index (χ1n) is 15.3. The van der Waals surface area contributed by atoms with Gasteiger partial charge < -0.3 is 14.5 Å². The first kappa shape index (κ1) is 31.0. The monoisotopic (exact) mass is 598 g/mol. The van der Waals surface area contributed by atoms with Crippen molar-refractivity contribution in [1.29, 1.82) is 0 Å². The Morgan fingerprint density at radius 1 is 1.00 bits per heavy atom. The van der Waals surface area contributed by atoms with Gasteiger partial charge >= 0.3 is 11.9 Å². The molecule has 2 unspecified atom stereocenters. The van der Waals surface area contributed by atoms with Crippen LogP contribution in [0.2, 0.25) is 0 Å². The molecular formula is C35H40N3O6+. The Labute approximate surface area is 257 Å². The van der Waals surface area contributed by atoms with Crippen molar-refractivity contribution in [2.75, 3.05) is 19.0 Å². The summed E-state index contributed by atoms with van der Waals surface area (Å²) in [4.78, 5) is 53.0. The van der Waals surface area contributed by atoms with Gasteiger partial charge in [-0.15, -0.1) is 0 Å². The summed E-state index contributed by atoms with van der Waals surface area (Å²) in [7, 11) is 1.28. The van der Waals surface area contributed by atoms with Crippen LogP contribution in [-0.4, -0.2) is 41.9 Å². The number of fused-ring (bicyclic) bond motifs is 1. The van der Waals surface area contributed by atoms with Gasteiger partial charge in [-0.2, -0.15) is 0 Å². The Morgan fingerprint density at radius 3 is 2.43 bits per heavy atom. The molecule has 230 valence electrons. The molecular weight excluding hydrogens is 558 g/mol. The number of nitrogens with zero attached hydrogens (tertiary/aromatic N) is 2. The number of carbonyl (C=O) groups is 4. The SMILES string of the molecule is COC(=O)c1occc1-c1cccc(NC(=O)C[N+]2=NC(C3CCCCC3)c3ccccc3C(CC(=O)C(C)(C)C)C2=O)c1. The number of anilines is 1. The van der Waals surface area contributed by atoms with Crippen molar-refractivity contribution in [3.8, 4) is 11.1 Å². The highest BCUT2D eigenvalue weighted by molar-refractivity contribution is 5.97. The van der Waals surface area contributed by atoms with Crippen LogP contribution in [0.4, 0.5) is 5.69 Å². The molecule has 5 rings (SSSR count). The number of azo groups is 2. The first-order valence-corrected chi connectivity index (χ1v) is 15.3. The smallest absolute Gasteiger partial charge is 0.419 e. The highest BCUT2D eigenvalue weighted by Gasteiger charge is 2.44. The molecule has 44 heavy (non-hydrogen) atoms. The van der Waals surface area contributed by atoms with Gasteiger partial charge in [0.1, 0.15) is 17.7 Å². The lowest BCUT2D eigenvalue weighted by atomic mass is 9.77. The van der Waals surface area contributed by atoms with Gasteiger partial charge in [0, 0.05) is 23.1 Å². The highest BCUT2D eigenvalue weighted by Crippen LogP contribution is 2.43. The van der Waals surface area contributed by atoms with Gasteiger partial charge in [-0.3, -0.25) is 9.59 Å². The van der Waals surface area contributed by atoms with Crippen molar-refractivity contribution in [3.05, 3.63) is 77.7 Å². The van der Waals surface area contributed by atoms with E-state index in [1.54, 1.807) is 30.3 Å². The number of esters is 1. The van der Waals surface area contributed by atoms with Gasteiger partial charge in [-0.1, -0.05) is 76.4 Å². The molecule has 1 saturated carbocycles. The quantitative estimate of drug-likeness (QED) is 0.219. The largest absolute Gasteiger partial charge is 0.463 e. The number of hydrogen-bond donors (Lipinski definition) is 1. The van der Waals surface area contributed by atoms with Crippen LogP contribution in [0.3, 0.4) is 0 Å². The molecule has 1 aromatic heterocycles. The predicted octanol–water partition coefficient (Wildman–Crippen LogP) is 7.09. The number of ether oxygens (including phenoxy) is 1. The molecule has 0 bridgehead atoms. The van der Waals surface area contributed by atoms with Crippen LogP contribution >= 0.6 is 0 Å². The fourth-order valence-corrected chi connectivity index (χ4v) is 6.17. The molecule has 2 aliphatic rings. The van der Waals surface area contributed by atoms with Crippen LogP contribution in [0.5, 0.6) is 0 Å². The number of ketones is 1. The Morgan fingerprint density at radius 2 is 1.73 bits per heavy atom. The van der Waals surface area contributed by atoms with E-state index in [1.807, 2.05) is 45.0 Å². The van der Waals surface area contributed by atoms with E-state index in [-0.39, 0.29) is 42.4 Å². The number of benzene rings is 2. The summed E-state index contributed by atoms with van der Waals surface area (Å²) in [6.45, 7) is 5.28. The van der Waals surface area contributed by atoms with Gasteiger partial charge in [0.15, 0.2) is 0 Å². The summed E-state index contributed by atoms with van der Waals surface area (Å²) >= 11 is 0. The lowest BCUT2D eigenvalue weighted by Gasteiger charge is -2.26. The van der Waals surface area contributed by atoms with Crippen molar-refractivity contribution in [2.45, 2.75) is 71.3 Å². The summed E-state index contributed by atoms with van der Waals surface area (Å²) in [6, 6.07) is 16.2. The normalized spacial score (nSPS) is 19.0. The van der Waals surface area contributed by atoms with Crippen molar-refractivity contribution >= 4 is 29.3 Å². The molecule has 1 fully saturated rings. The van der Waals surface area contributed by atoms with E-state index < -0.39 is 23.2 Å². The second-order valence-electron chi connectivity index (χ2n) is 12.7. The number of Topliss-reactive ketones (excluding diaryl/α,β-unsaturated/α-hetero) is 1. The Balaban J connectivity index is 1.45. The van der Waals surface area contributed by atoms with Crippen molar-refractivity contribution in [2.24, 2.45) is 16.4 Å². The zero-order valence-electron chi connectivity index (χ0n) is 25.8. The summed E-state index contributed by atoms with van der Waals surface area (Å²) in [5, 5.41) is 7.85. The van der Waals surface area contributed by atoms with Crippen LogP contribution in [0, 0.1) is 11.3 Å². The molecule has 9 nitrogen and oxygen atoms in total. The van der Waals surface area contributed by atoms with Crippen LogP contribution in [0.15, 0.2) is 70.4 Å². The Hall–Kier alpha value is -4.40. The van der Waals surface area contributed by atoms with Gasteiger partial charge in [0.05, 0.1) is 13.4 Å². The second-order valence-corrected chi connectivity index (χ2v) is 12.7. The molecule has 2 aromatic carbocycles. The molecule has 2 amide bonds. The van der Waals surface area contributed by atoms with Crippen LogP contribution < -0.4 is 5.32 Å². The minimum atomic E-state index is -0.732. The van der Waals surface area contributed by atoms with Crippen LogP contribution in [-0.2, 0) is 19.1 Å². The third-order valence-corrected chi connectivity index (χ3v) is 8.62. The zero-order valence-corrected chi connectivity index (χ0v) is 25.8. The van der Waals surface area contributed by atoms with Crippen molar-refractivity contribution in [3.63, 3.8) is 0 Å². The summed E-state index contributed by atoms with van der Waals surface area (Å²) in [5.74, 6) is -1.82. The zero-order chi connectivity index (χ0) is 31.4. The maximum absolute atomic E-state index is 14.2. The summed E-state index contributed by atoms with van der Waals surface area (Å²) in [5.41, 5.74) is 2.85. The topological polar surface area (TPSA) is 118 Å². The van der Waals surface area contributed by atoms with Crippen molar-refractivity contribution < 1.29 is 33.0 Å². The molecule has 1 aliphatic carbocycles. The molecule has 2 heterocycles. The fraction of sp³-hybridized carbons (Fsp3) is 0.429. The lowest BCUT2D eigenvalue weighted by Crippen LogP contribution is -2.34. The van der Waals surface area contributed by atoms with Gasteiger partial charge in [0.2, 0.25) is 5.76 Å². The van der Waals surface area contributed by atoms with Crippen LogP contribution in [0.25, 0.3) is 11.1 Å². The van der Waals surface area contributed by atoms with E-state index in [2.05, 4.69) is 5.32 Å². The minimum Gasteiger partial charge on any atom is -0.463 e. The summed E-state index contributed by atoms with van der Waals surface area (Å²) < 4.78 is 11.4. The fourth-order valence-electron chi connectivity index (χ4n) is 6.17. The molecule has 1 aliphatic heterocycles. The Kier molecular flexibility index (Phi) is 9.22. The second kappa shape index (κ2) is 13.1. The number of hydrogen-bond acceptors (Lipinski definition) is 7. The van der Waals surface area contributed by atoms with E-state index >= 15 is 0 Å². The molecule has 9 heteroatoms. The average molecular weight is 599 g/mol. The molecule has 0 radical (unpaired) electrons. The molecule has 2 atom stereocenters. The number of furan rings is 1. The highest BCUT2D eigenvalue weighted by atomic mass is 16.5. The first-order chi connectivity index (χ1) is 21.1. The van der Waals surface area contributed by atoms with Gasteiger partial charge in [0.25, 0.3) is 12.5 Å². The molecule has 0 saturated heterocycles. The number of rotatable bonds is 8. The Bertz CT molecular complexity index is 1590. The van der Waals surface area contributed by atoms with Crippen molar-refractivity contribution in [1.82, 2.24) is 0 Å². The molecule has 0 spiro atoms. The standard InChI is InChI=1S/C35H39N3O6/c1-35(2,3)29(39)20-28-26-15-8-9-16-27(26)31(22-11-6-5-7-12-22)37-38(33(28)41)21-30(40)36-24-14-10-13-23(19-24)25-17-18-44-32(25)34(42)43-4/h8-10,13-19,22,28,31H,5-7,11-12,20-21H2,1-4H3/p+1. The van der Waals surface area contributed by atoms with E-state index in [0.29, 0.717) is 16.8 Å². The van der Waals surface area contributed by atoms with E-state index in [9.17, 15) is 19.2 Å². The number of methoxy groups -OCH3 is 1. The summed E-state index contributed by atoms with van der Waals surface area (Å²) in [6.07, 6.45) is 6.82. The number of amides is 2. The third-order valence-electron chi connectivity index (χ3n) is 8.62. The number of nitrogens with one attached hydrogen (secondary N) is 1. The van der Waals surface area contributed by atoms with E-state index in [4.69, 9.17) is 14.3 Å². The molecule has 3 aromatic rings. The maximum Gasteiger partial charge on any atom is 0.419 e. The van der Waals surface area contributed by atoms with Crippen LogP contribution in [0.1, 0.15) is 92.9 Å². The maximum atomic E-state index is 14.2. The van der Waals surface area contributed by atoms with Gasteiger partial charge in [-0.25, -0.2) is 9.59 Å². The van der Waals surface area contributed by atoms with Gasteiger partial charge in [-0.05, 0) is 63.5 Å².